The molecule has 0 radical (unpaired) electrons. The molecule has 0 heterocycles. The van der Waals surface area contributed by atoms with Crippen molar-refractivity contribution >= 4 is 50.4 Å². The van der Waals surface area contributed by atoms with Gasteiger partial charge in [-0.25, -0.2) is 13.2 Å². The van der Waals surface area contributed by atoms with Crippen molar-refractivity contribution in [3.05, 3.63) is 87.4 Å². The van der Waals surface area contributed by atoms with Gasteiger partial charge in [0.05, 0.1) is 26.9 Å². The van der Waals surface area contributed by atoms with Gasteiger partial charge in [0.15, 0.2) is 9.84 Å². The monoisotopic (exact) mass is 516 g/mol. The molecule has 0 bridgehead atoms. The van der Waals surface area contributed by atoms with E-state index in [-0.39, 0.29) is 27.0 Å². The summed E-state index contributed by atoms with van der Waals surface area (Å²) in [6.45, 7) is 1.63. The maximum absolute atomic E-state index is 12.9. The lowest BCUT2D eigenvalue weighted by molar-refractivity contribution is -0.137. The zero-order chi connectivity index (χ0) is 24.4. The van der Waals surface area contributed by atoms with Crippen LogP contribution in [0.25, 0.3) is 0 Å². The maximum atomic E-state index is 12.9. The van der Waals surface area contributed by atoms with Crippen LogP contribution < -0.4 is 10.6 Å². The topological polar surface area (TPSA) is 75.3 Å². The molecule has 0 aliphatic carbocycles. The molecule has 2 amide bonds. The van der Waals surface area contributed by atoms with Crippen LogP contribution in [-0.2, 0) is 21.8 Å². The zero-order valence-corrected chi connectivity index (χ0v) is 19.3. The van der Waals surface area contributed by atoms with Gasteiger partial charge in [0.25, 0.3) is 0 Å². The van der Waals surface area contributed by atoms with E-state index >= 15 is 0 Å². The standard InChI is InChI=1S/C22H17Cl2F3N2O3S/c1-13-2-8-17(11-20(13)33(31,32)12-14-3-6-16(23)7-4-14)28-21(30)29-19-9-5-15(10-18(19)24)22(25,26)27/h2-11H,12H2,1H3,(H2,28,29,30). The molecule has 174 valence electrons. The van der Waals surface area contributed by atoms with Gasteiger partial charge in [0.1, 0.15) is 0 Å². The number of carbonyl (C=O) groups excluding carboxylic acids is 1. The molecule has 2 N–H and O–H groups in total. The molecule has 0 unspecified atom stereocenters. The molecule has 33 heavy (non-hydrogen) atoms. The summed E-state index contributed by atoms with van der Waals surface area (Å²) in [5.41, 5.74) is 0.223. The van der Waals surface area contributed by atoms with Gasteiger partial charge < -0.3 is 10.6 Å². The average Bonchev–Trinajstić information content (AvgIpc) is 2.71. The van der Waals surface area contributed by atoms with Crippen LogP contribution in [0.4, 0.5) is 29.3 Å². The molecule has 0 aliphatic heterocycles. The van der Waals surface area contributed by atoms with Crippen molar-refractivity contribution in [2.75, 3.05) is 10.6 Å². The van der Waals surface area contributed by atoms with Gasteiger partial charge in [-0.15, -0.1) is 0 Å². The van der Waals surface area contributed by atoms with Crippen molar-refractivity contribution in [1.29, 1.82) is 0 Å². The van der Waals surface area contributed by atoms with E-state index in [9.17, 15) is 26.4 Å². The van der Waals surface area contributed by atoms with Gasteiger partial charge in [0.2, 0.25) is 0 Å². The fourth-order valence-corrected chi connectivity index (χ4v) is 4.97. The highest BCUT2D eigenvalue weighted by molar-refractivity contribution is 7.90. The van der Waals surface area contributed by atoms with Crippen LogP contribution in [0, 0.1) is 6.92 Å². The summed E-state index contributed by atoms with van der Waals surface area (Å²) in [5, 5.41) is 4.99. The number of carbonyl (C=O) groups is 1. The SMILES string of the molecule is Cc1ccc(NC(=O)Nc2ccc(C(F)(F)F)cc2Cl)cc1S(=O)(=O)Cc1ccc(Cl)cc1. The minimum atomic E-state index is -4.57. The largest absolute Gasteiger partial charge is 0.416 e. The molecule has 0 saturated carbocycles. The number of sulfone groups is 1. The average molecular weight is 517 g/mol. The lowest BCUT2D eigenvalue weighted by Crippen LogP contribution is -2.20. The lowest BCUT2D eigenvalue weighted by atomic mass is 10.2. The Bertz CT molecular complexity index is 1300. The first kappa shape index (κ1) is 24.9. The molecule has 5 nitrogen and oxygen atoms in total. The molecule has 0 spiro atoms. The first-order chi connectivity index (χ1) is 15.3. The van der Waals surface area contributed by atoms with Gasteiger partial charge >= 0.3 is 12.2 Å². The molecule has 0 atom stereocenters. The summed E-state index contributed by atoms with van der Waals surface area (Å²) in [4.78, 5) is 12.4. The Morgan fingerprint density at radius 1 is 0.939 bits per heavy atom. The number of amides is 2. The number of hydrogen-bond donors (Lipinski definition) is 2. The first-order valence-electron chi connectivity index (χ1n) is 9.38. The minimum absolute atomic E-state index is 0.0304. The van der Waals surface area contributed by atoms with Crippen LogP contribution in [0.5, 0.6) is 0 Å². The molecule has 11 heteroatoms. The van der Waals surface area contributed by atoms with Crippen LogP contribution in [0.3, 0.4) is 0 Å². The Balaban J connectivity index is 1.76. The zero-order valence-electron chi connectivity index (χ0n) is 17.0. The molecule has 0 aliphatic rings. The summed E-state index contributed by atoms with van der Waals surface area (Å²) in [6.07, 6.45) is -4.57. The van der Waals surface area contributed by atoms with Crippen molar-refractivity contribution in [3.63, 3.8) is 0 Å². The summed E-state index contributed by atoms with van der Waals surface area (Å²) in [7, 11) is -3.74. The number of anilines is 2. The van der Waals surface area contributed by atoms with E-state index in [1.807, 2.05) is 0 Å². The summed E-state index contributed by atoms with van der Waals surface area (Å²) >= 11 is 11.7. The van der Waals surface area contributed by atoms with E-state index in [0.29, 0.717) is 22.2 Å². The fraction of sp³-hybridized carbons (Fsp3) is 0.136. The Labute approximate surface area is 198 Å². The quantitative estimate of drug-likeness (QED) is 0.385. The lowest BCUT2D eigenvalue weighted by Gasteiger charge is -2.13. The molecule has 0 aromatic heterocycles. The van der Waals surface area contributed by atoms with Gasteiger partial charge in [-0.2, -0.15) is 13.2 Å². The van der Waals surface area contributed by atoms with E-state index in [1.54, 1.807) is 31.2 Å². The smallest absolute Gasteiger partial charge is 0.308 e. The first-order valence-corrected chi connectivity index (χ1v) is 11.8. The third kappa shape index (κ3) is 6.40. The van der Waals surface area contributed by atoms with Crippen molar-refractivity contribution in [3.8, 4) is 0 Å². The maximum Gasteiger partial charge on any atom is 0.416 e. The summed E-state index contributed by atoms with van der Waals surface area (Å²) in [5.74, 6) is -0.262. The molecule has 0 fully saturated rings. The second-order valence-electron chi connectivity index (χ2n) is 7.14. The summed E-state index contributed by atoms with van der Waals surface area (Å²) in [6, 6.07) is 12.5. The number of alkyl halides is 3. The highest BCUT2D eigenvalue weighted by Gasteiger charge is 2.31. The predicted octanol–water partition coefficient (Wildman–Crippen LogP) is 6.94. The summed E-state index contributed by atoms with van der Waals surface area (Å²) < 4.78 is 64.1. The Morgan fingerprint density at radius 2 is 1.61 bits per heavy atom. The fourth-order valence-electron chi connectivity index (χ4n) is 2.97. The molecule has 3 aromatic rings. The molecule has 3 aromatic carbocycles. The molecular formula is C22H17Cl2F3N2O3S. The Kier molecular flexibility index (Phi) is 7.26. The number of benzene rings is 3. The molecule has 3 rings (SSSR count). The van der Waals surface area contributed by atoms with Gasteiger partial charge in [0, 0.05) is 10.7 Å². The van der Waals surface area contributed by atoms with E-state index in [4.69, 9.17) is 23.2 Å². The van der Waals surface area contributed by atoms with Gasteiger partial charge in [-0.05, 0) is 60.5 Å². The third-order valence-electron chi connectivity index (χ3n) is 4.60. The number of hydrogen-bond acceptors (Lipinski definition) is 3. The molecular weight excluding hydrogens is 500 g/mol. The Hall–Kier alpha value is -2.75. The van der Waals surface area contributed by atoms with E-state index < -0.39 is 27.6 Å². The van der Waals surface area contributed by atoms with Gasteiger partial charge in [-0.1, -0.05) is 41.4 Å². The number of rotatable bonds is 5. The van der Waals surface area contributed by atoms with Crippen LogP contribution in [0.2, 0.25) is 10.0 Å². The third-order valence-corrected chi connectivity index (χ3v) is 6.98. The van der Waals surface area contributed by atoms with Crippen LogP contribution in [0.1, 0.15) is 16.7 Å². The van der Waals surface area contributed by atoms with Crippen molar-refractivity contribution in [1.82, 2.24) is 0 Å². The normalized spacial score (nSPS) is 11.8. The van der Waals surface area contributed by atoms with E-state index in [1.165, 1.54) is 18.2 Å². The van der Waals surface area contributed by atoms with Crippen LogP contribution >= 0.6 is 23.2 Å². The highest BCUT2D eigenvalue weighted by atomic mass is 35.5. The van der Waals surface area contributed by atoms with Crippen molar-refractivity contribution in [2.45, 2.75) is 23.7 Å². The van der Waals surface area contributed by atoms with Gasteiger partial charge in [-0.3, -0.25) is 0 Å². The highest BCUT2D eigenvalue weighted by Crippen LogP contribution is 2.34. The van der Waals surface area contributed by atoms with Crippen molar-refractivity contribution in [2.24, 2.45) is 0 Å². The van der Waals surface area contributed by atoms with Crippen molar-refractivity contribution < 1.29 is 26.4 Å². The predicted molar refractivity (Wildman–Crippen MR) is 123 cm³/mol. The van der Waals surface area contributed by atoms with E-state index in [0.717, 1.165) is 12.1 Å². The second kappa shape index (κ2) is 9.62. The number of halogens is 5. The number of aryl methyl sites for hydroxylation is 1. The molecule has 0 saturated heterocycles. The number of nitrogens with one attached hydrogen (secondary N) is 2. The number of urea groups is 1. The van der Waals surface area contributed by atoms with E-state index in [2.05, 4.69) is 10.6 Å². The second-order valence-corrected chi connectivity index (χ2v) is 9.94. The van der Waals surface area contributed by atoms with Crippen LogP contribution in [0.15, 0.2) is 65.6 Å². The minimum Gasteiger partial charge on any atom is -0.308 e. The Morgan fingerprint density at radius 3 is 2.21 bits per heavy atom. The van der Waals surface area contributed by atoms with Crippen LogP contribution in [-0.4, -0.2) is 14.4 Å².